The first-order valence-electron chi connectivity index (χ1n) is 9.89. The Morgan fingerprint density at radius 1 is 1.09 bits per heavy atom. The van der Waals surface area contributed by atoms with E-state index in [1.54, 1.807) is 42.5 Å². The van der Waals surface area contributed by atoms with Crippen LogP contribution in [0, 0.1) is 5.92 Å². The van der Waals surface area contributed by atoms with Crippen molar-refractivity contribution < 1.29 is 28.6 Å². The first-order chi connectivity index (χ1) is 15.4. The quantitative estimate of drug-likeness (QED) is 0.582. The highest BCUT2D eigenvalue weighted by Crippen LogP contribution is 2.35. The monoisotopic (exact) mass is 461 g/mol. The first kappa shape index (κ1) is 23.4. The minimum atomic E-state index is -0.627. The number of carbonyl (C=O) groups is 3. The molecule has 2 aromatic carbocycles. The Bertz CT molecular complexity index is 999. The van der Waals surface area contributed by atoms with Crippen LogP contribution in [0.2, 0.25) is 5.02 Å². The maximum atomic E-state index is 12.8. The molecule has 0 bridgehead atoms. The van der Waals surface area contributed by atoms with E-state index in [1.165, 1.54) is 19.1 Å². The van der Waals surface area contributed by atoms with Gasteiger partial charge in [0.2, 0.25) is 11.8 Å². The SMILES string of the molecule is COCCOC(=O)Nc1cccc(NC(=O)C2CC(=O)N(c3cc(Cl)ccc3OC)C2)c1. The van der Waals surface area contributed by atoms with Crippen LogP contribution in [0.5, 0.6) is 5.75 Å². The predicted octanol–water partition coefficient (Wildman–Crippen LogP) is 3.54. The number of rotatable bonds is 8. The maximum Gasteiger partial charge on any atom is 0.411 e. The molecule has 2 aromatic rings. The largest absolute Gasteiger partial charge is 0.495 e. The standard InChI is InChI=1S/C22H24ClN3O6/c1-30-8-9-32-22(29)25-17-5-3-4-16(12-17)24-21(28)14-10-20(27)26(13-14)18-11-15(23)6-7-19(18)31-2/h3-7,11-12,14H,8-10,13H2,1-2H3,(H,24,28)(H,25,29). The van der Waals surface area contributed by atoms with E-state index in [-0.39, 0.29) is 31.4 Å². The molecular formula is C22H24ClN3O6. The van der Waals surface area contributed by atoms with Gasteiger partial charge in [-0.15, -0.1) is 0 Å². The average Bonchev–Trinajstić information content (AvgIpc) is 3.16. The Labute approximate surface area is 190 Å². The molecule has 0 aromatic heterocycles. The Morgan fingerprint density at radius 3 is 2.56 bits per heavy atom. The Balaban J connectivity index is 1.63. The van der Waals surface area contributed by atoms with Crippen molar-refractivity contribution in [3.05, 3.63) is 47.5 Å². The van der Waals surface area contributed by atoms with Crippen LogP contribution in [0.25, 0.3) is 0 Å². The van der Waals surface area contributed by atoms with Gasteiger partial charge in [-0.1, -0.05) is 17.7 Å². The first-order valence-corrected chi connectivity index (χ1v) is 10.3. The fraction of sp³-hybridized carbons (Fsp3) is 0.318. The number of halogens is 1. The highest BCUT2D eigenvalue weighted by Gasteiger charge is 2.36. The molecule has 1 saturated heterocycles. The van der Waals surface area contributed by atoms with Crippen molar-refractivity contribution >= 4 is 46.6 Å². The molecule has 10 heteroatoms. The molecule has 3 amide bonds. The molecule has 0 saturated carbocycles. The lowest BCUT2D eigenvalue weighted by atomic mass is 10.1. The number of anilines is 3. The van der Waals surface area contributed by atoms with Crippen LogP contribution in [0.15, 0.2) is 42.5 Å². The van der Waals surface area contributed by atoms with Gasteiger partial charge in [0, 0.05) is 36.5 Å². The molecular weight excluding hydrogens is 438 g/mol. The van der Waals surface area contributed by atoms with Gasteiger partial charge in [-0.2, -0.15) is 0 Å². The fourth-order valence-electron chi connectivity index (χ4n) is 3.28. The smallest absolute Gasteiger partial charge is 0.411 e. The number of nitrogens with zero attached hydrogens (tertiary/aromatic N) is 1. The summed E-state index contributed by atoms with van der Waals surface area (Å²) in [4.78, 5) is 38.7. The molecule has 170 valence electrons. The molecule has 1 aliphatic heterocycles. The number of benzene rings is 2. The van der Waals surface area contributed by atoms with E-state index in [0.29, 0.717) is 34.4 Å². The summed E-state index contributed by atoms with van der Waals surface area (Å²) in [5, 5.41) is 5.84. The van der Waals surface area contributed by atoms with E-state index >= 15 is 0 Å². The number of hydrogen-bond acceptors (Lipinski definition) is 6. The average molecular weight is 462 g/mol. The molecule has 32 heavy (non-hydrogen) atoms. The molecule has 1 fully saturated rings. The van der Waals surface area contributed by atoms with Crippen molar-refractivity contribution in [3.63, 3.8) is 0 Å². The van der Waals surface area contributed by atoms with Crippen LogP contribution < -0.4 is 20.3 Å². The lowest BCUT2D eigenvalue weighted by Gasteiger charge is -2.20. The number of amides is 3. The zero-order chi connectivity index (χ0) is 23.1. The van der Waals surface area contributed by atoms with E-state index in [4.69, 9.17) is 25.8 Å². The third-order valence-corrected chi connectivity index (χ3v) is 5.06. The van der Waals surface area contributed by atoms with E-state index in [1.807, 2.05) is 0 Å². The molecule has 0 radical (unpaired) electrons. The van der Waals surface area contributed by atoms with Crippen LogP contribution in [0.1, 0.15) is 6.42 Å². The topological polar surface area (TPSA) is 106 Å². The summed E-state index contributed by atoms with van der Waals surface area (Å²) in [7, 11) is 3.02. The van der Waals surface area contributed by atoms with Gasteiger partial charge >= 0.3 is 6.09 Å². The van der Waals surface area contributed by atoms with Gasteiger partial charge in [0.1, 0.15) is 12.4 Å². The van der Waals surface area contributed by atoms with Gasteiger partial charge in [0.15, 0.2) is 0 Å². The van der Waals surface area contributed by atoms with Crippen LogP contribution in [0.3, 0.4) is 0 Å². The molecule has 3 rings (SSSR count). The molecule has 1 atom stereocenters. The van der Waals surface area contributed by atoms with Gasteiger partial charge in [-0.05, 0) is 36.4 Å². The second-order valence-electron chi connectivity index (χ2n) is 7.05. The fourth-order valence-corrected chi connectivity index (χ4v) is 3.45. The second-order valence-corrected chi connectivity index (χ2v) is 7.48. The Morgan fingerprint density at radius 2 is 1.84 bits per heavy atom. The number of hydrogen-bond donors (Lipinski definition) is 2. The molecule has 9 nitrogen and oxygen atoms in total. The van der Waals surface area contributed by atoms with E-state index < -0.39 is 12.0 Å². The highest BCUT2D eigenvalue weighted by atomic mass is 35.5. The summed E-state index contributed by atoms with van der Waals surface area (Å²) in [6.45, 7) is 0.620. The summed E-state index contributed by atoms with van der Waals surface area (Å²) in [6, 6.07) is 11.6. The summed E-state index contributed by atoms with van der Waals surface area (Å²) < 4.78 is 15.1. The number of methoxy groups -OCH3 is 2. The van der Waals surface area contributed by atoms with Gasteiger partial charge in [-0.3, -0.25) is 14.9 Å². The van der Waals surface area contributed by atoms with Crippen molar-refractivity contribution in [1.82, 2.24) is 0 Å². The molecule has 0 spiro atoms. The maximum absolute atomic E-state index is 12.8. The lowest BCUT2D eigenvalue weighted by Crippen LogP contribution is -2.28. The molecule has 1 unspecified atom stereocenters. The summed E-state index contributed by atoms with van der Waals surface area (Å²) >= 11 is 6.07. The minimum absolute atomic E-state index is 0.0608. The van der Waals surface area contributed by atoms with Crippen LogP contribution >= 0.6 is 11.6 Å². The van der Waals surface area contributed by atoms with Gasteiger partial charge in [0.05, 0.1) is 25.3 Å². The molecule has 2 N–H and O–H groups in total. The van der Waals surface area contributed by atoms with Crippen LogP contribution in [0.4, 0.5) is 21.9 Å². The van der Waals surface area contributed by atoms with Crippen molar-refractivity contribution in [2.45, 2.75) is 6.42 Å². The third kappa shape index (κ3) is 5.89. The number of nitrogens with one attached hydrogen (secondary N) is 2. The Hall–Kier alpha value is -3.30. The van der Waals surface area contributed by atoms with E-state index in [2.05, 4.69) is 10.6 Å². The highest BCUT2D eigenvalue weighted by molar-refractivity contribution is 6.31. The van der Waals surface area contributed by atoms with Crippen LogP contribution in [-0.4, -0.2) is 51.9 Å². The van der Waals surface area contributed by atoms with Gasteiger partial charge < -0.3 is 24.4 Å². The summed E-state index contributed by atoms with van der Waals surface area (Å²) in [5.74, 6) is -0.552. The van der Waals surface area contributed by atoms with Crippen molar-refractivity contribution in [2.75, 3.05) is 49.5 Å². The molecule has 0 aliphatic carbocycles. The zero-order valence-corrected chi connectivity index (χ0v) is 18.5. The Kier molecular flexibility index (Phi) is 7.91. The van der Waals surface area contributed by atoms with Crippen molar-refractivity contribution in [1.29, 1.82) is 0 Å². The summed E-state index contributed by atoms with van der Waals surface area (Å²) in [6.07, 6.45) is -0.566. The zero-order valence-electron chi connectivity index (χ0n) is 17.7. The van der Waals surface area contributed by atoms with Crippen LogP contribution in [-0.2, 0) is 19.1 Å². The minimum Gasteiger partial charge on any atom is -0.495 e. The molecule has 1 aliphatic rings. The second kappa shape index (κ2) is 10.8. The van der Waals surface area contributed by atoms with Crippen molar-refractivity contribution in [3.8, 4) is 5.75 Å². The molecule has 1 heterocycles. The third-order valence-electron chi connectivity index (χ3n) is 4.82. The van der Waals surface area contributed by atoms with E-state index in [9.17, 15) is 14.4 Å². The lowest BCUT2D eigenvalue weighted by molar-refractivity contribution is -0.122. The van der Waals surface area contributed by atoms with E-state index in [0.717, 1.165) is 0 Å². The number of carbonyl (C=O) groups excluding carboxylic acids is 3. The van der Waals surface area contributed by atoms with Crippen molar-refractivity contribution in [2.24, 2.45) is 5.92 Å². The summed E-state index contributed by atoms with van der Waals surface area (Å²) in [5.41, 5.74) is 1.47. The predicted molar refractivity (Wildman–Crippen MR) is 120 cm³/mol. The number of ether oxygens (including phenoxy) is 3. The van der Waals surface area contributed by atoms with Gasteiger partial charge in [-0.25, -0.2) is 4.79 Å². The van der Waals surface area contributed by atoms with Gasteiger partial charge in [0.25, 0.3) is 0 Å². The normalized spacial score (nSPS) is 15.4.